The number of ether oxygens (including phenoxy) is 3. The van der Waals surface area contributed by atoms with E-state index in [0.29, 0.717) is 40.1 Å². The number of aliphatic hydroxyl groups excluding tert-OH is 1. The maximum absolute atomic E-state index is 17.0. The predicted molar refractivity (Wildman–Crippen MR) is 176 cm³/mol. The van der Waals surface area contributed by atoms with Gasteiger partial charge in [0.05, 0.1) is 17.5 Å². The fraction of sp³-hybridized carbons (Fsp3) is 0.472. The first-order chi connectivity index (χ1) is 22.5. The molecule has 0 radical (unpaired) electrons. The fourth-order valence-electron chi connectivity index (χ4n) is 7.72. The van der Waals surface area contributed by atoms with E-state index in [1.807, 2.05) is 24.3 Å². The molecule has 10 heteroatoms. The molecule has 0 aliphatic carbocycles. The summed E-state index contributed by atoms with van der Waals surface area (Å²) in [6, 6.07) is 9.53. The van der Waals surface area contributed by atoms with Crippen molar-refractivity contribution < 1.29 is 23.7 Å². The molecule has 0 unspecified atom stereocenters. The normalized spacial score (nSPS) is 21.8. The van der Waals surface area contributed by atoms with Gasteiger partial charge in [0.1, 0.15) is 29.4 Å². The molecule has 0 bridgehead atoms. The van der Waals surface area contributed by atoms with Gasteiger partial charge in [0, 0.05) is 49.0 Å². The van der Waals surface area contributed by atoms with E-state index in [-0.39, 0.29) is 42.2 Å². The Morgan fingerprint density at radius 3 is 2.70 bits per heavy atom. The number of hydrogen-bond donors (Lipinski definition) is 1. The SMILES string of the molecule is C#Cc1cccc2cc(OCOC)cc(-c3ncc4c(N5CCCCCC5)nc(OC[C@]56CCCN5[C@@H](CO)CC6)nc4c3F)c12. The lowest BCUT2D eigenvalue weighted by atomic mass is 9.95. The molecule has 0 saturated carbocycles. The Morgan fingerprint density at radius 2 is 1.91 bits per heavy atom. The summed E-state index contributed by atoms with van der Waals surface area (Å²) in [7, 11) is 1.55. The molecule has 7 rings (SSSR count). The van der Waals surface area contributed by atoms with E-state index in [4.69, 9.17) is 35.6 Å². The average molecular weight is 626 g/mol. The fourth-order valence-corrected chi connectivity index (χ4v) is 7.72. The summed E-state index contributed by atoms with van der Waals surface area (Å²) in [4.78, 5) is 18.9. The van der Waals surface area contributed by atoms with Crippen LogP contribution >= 0.6 is 0 Å². The highest BCUT2D eigenvalue weighted by molar-refractivity contribution is 6.02. The summed E-state index contributed by atoms with van der Waals surface area (Å²) in [5.41, 5.74) is 1.25. The highest BCUT2D eigenvalue weighted by atomic mass is 19.1. The van der Waals surface area contributed by atoms with Gasteiger partial charge in [-0.15, -0.1) is 6.42 Å². The van der Waals surface area contributed by atoms with E-state index < -0.39 is 5.82 Å². The van der Waals surface area contributed by atoms with Gasteiger partial charge in [-0.05, 0) is 68.7 Å². The third kappa shape index (κ3) is 5.51. The largest absolute Gasteiger partial charge is 0.468 e. The Hall–Kier alpha value is -4.04. The van der Waals surface area contributed by atoms with Crippen LogP contribution in [0.2, 0.25) is 0 Å². The zero-order chi connectivity index (χ0) is 31.7. The van der Waals surface area contributed by atoms with Crippen molar-refractivity contribution in [3.63, 3.8) is 0 Å². The van der Waals surface area contributed by atoms with E-state index >= 15 is 4.39 Å². The number of aliphatic hydroxyl groups is 1. The van der Waals surface area contributed by atoms with Gasteiger partial charge in [-0.3, -0.25) is 9.88 Å². The van der Waals surface area contributed by atoms with Crippen LogP contribution in [0, 0.1) is 18.2 Å². The third-order valence-corrected chi connectivity index (χ3v) is 9.97. The predicted octanol–water partition coefficient (Wildman–Crippen LogP) is 5.70. The Balaban J connectivity index is 1.36. The van der Waals surface area contributed by atoms with Crippen LogP contribution in [-0.2, 0) is 4.74 Å². The minimum absolute atomic E-state index is 0.0402. The van der Waals surface area contributed by atoms with Gasteiger partial charge in [-0.1, -0.05) is 30.9 Å². The molecule has 2 aromatic heterocycles. The molecule has 3 aliphatic rings. The number of rotatable bonds is 9. The average Bonchev–Trinajstić information content (AvgIpc) is 3.53. The van der Waals surface area contributed by atoms with Crippen molar-refractivity contribution in [3.05, 3.63) is 47.9 Å². The number of benzene rings is 2. The van der Waals surface area contributed by atoms with Gasteiger partial charge in [0.15, 0.2) is 12.6 Å². The zero-order valence-electron chi connectivity index (χ0n) is 26.3. The Morgan fingerprint density at radius 1 is 1.07 bits per heavy atom. The molecule has 0 amide bonds. The van der Waals surface area contributed by atoms with Gasteiger partial charge >= 0.3 is 6.01 Å². The second kappa shape index (κ2) is 13.0. The second-order valence-electron chi connectivity index (χ2n) is 12.7. The Bertz CT molecular complexity index is 1790. The van der Waals surface area contributed by atoms with Crippen LogP contribution in [0.1, 0.15) is 56.9 Å². The first kappa shape index (κ1) is 30.6. The highest BCUT2D eigenvalue weighted by Gasteiger charge is 2.49. The molecule has 1 N–H and O–H groups in total. The zero-order valence-corrected chi connectivity index (χ0v) is 26.3. The van der Waals surface area contributed by atoms with E-state index in [2.05, 4.69) is 15.7 Å². The number of methoxy groups -OCH3 is 1. The van der Waals surface area contributed by atoms with Crippen LogP contribution in [0.25, 0.3) is 32.9 Å². The van der Waals surface area contributed by atoms with E-state index in [9.17, 15) is 5.11 Å². The summed E-state index contributed by atoms with van der Waals surface area (Å²) in [6.45, 7) is 3.15. The van der Waals surface area contributed by atoms with Crippen molar-refractivity contribution >= 4 is 27.5 Å². The number of halogens is 1. The molecule has 0 spiro atoms. The molecule has 3 fully saturated rings. The smallest absolute Gasteiger partial charge is 0.319 e. The monoisotopic (exact) mass is 625 g/mol. The summed E-state index contributed by atoms with van der Waals surface area (Å²) < 4.78 is 34.3. The van der Waals surface area contributed by atoms with Crippen molar-refractivity contribution in [2.24, 2.45) is 0 Å². The Kier molecular flexibility index (Phi) is 8.64. The summed E-state index contributed by atoms with van der Waals surface area (Å²) in [6.07, 6.45) is 15.9. The van der Waals surface area contributed by atoms with Crippen molar-refractivity contribution in [2.75, 3.05) is 51.7 Å². The lowest BCUT2D eigenvalue weighted by Gasteiger charge is -2.34. The molecule has 2 aromatic carbocycles. The molecule has 3 aliphatic heterocycles. The van der Waals surface area contributed by atoms with Crippen molar-refractivity contribution in [1.82, 2.24) is 19.9 Å². The molecule has 240 valence electrons. The van der Waals surface area contributed by atoms with Crippen LogP contribution < -0.4 is 14.4 Å². The van der Waals surface area contributed by atoms with Crippen LogP contribution in [0.3, 0.4) is 0 Å². The molecular weight excluding hydrogens is 585 g/mol. The van der Waals surface area contributed by atoms with Gasteiger partial charge in [-0.25, -0.2) is 4.39 Å². The van der Waals surface area contributed by atoms with E-state index in [0.717, 1.165) is 76.4 Å². The van der Waals surface area contributed by atoms with Gasteiger partial charge in [0.2, 0.25) is 0 Å². The molecule has 3 saturated heterocycles. The minimum Gasteiger partial charge on any atom is -0.468 e. The van der Waals surface area contributed by atoms with Crippen LogP contribution in [0.4, 0.5) is 10.2 Å². The Labute approximate surface area is 268 Å². The van der Waals surface area contributed by atoms with Gasteiger partial charge < -0.3 is 24.2 Å². The molecule has 4 aromatic rings. The molecule has 2 atom stereocenters. The molecule has 5 heterocycles. The third-order valence-electron chi connectivity index (χ3n) is 9.97. The minimum atomic E-state index is -0.570. The topological polar surface area (TPSA) is 93.1 Å². The molecule has 9 nitrogen and oxygen atoms in total. The quantitative estimate of drug-likeness (QED) is 0.186. The van der Waals surface area contributed by atoms with E-state index in [1.165, 1.54) is 0 Å². The van der Waals surface area contributed by atoms with Crippen molar-refractivity contribution in [2.45, 2.75) is 62.9 Å². The van der Waals surface area contributed by atoms with Crippen molar-refractivity contribution in [3.8, 4) is 35.4 Å². The lowest BCUT2D eigenvalue weighted by molar-refractivity contribution is 0.0512. The van der Waals surface area contributed by atoms with Gasteiger partial charge in [0.25, 0.3) is 0 Å². The lowest BCUT2D eigenvalue weighted by Crippen LogP contribution is -2.47. The van der Waals surface area contributed by atoms with Crippen LogP contribution in [-0.4, -0.2) is 83.3 Å². The number of fused-ring (bicyclic) bond motifs is 3. The number of terminal acetylenes is 1. The molecule has 46 heavy (non-hydrogen) atoms. The highest BCUT2D eigenvalue weighted by Crippen LogP contribution is 2.43. The van der Waals surface area contributed by atoms with Crippen LogP contribution in [0.15, 0.2) is 36.5 Å². The standard InChI is InChI=1S/C36H40FN5O4/c1-3-24-10-8-11-25-18-27(46-23-44-2)19-28(30(24)25)32-31(37)33-29(20-38-32)34(41-15-6-4-5-7-16-41)40-35(39-33)45-22-36-13-9-17-42(36)26(21-43)12-14-36/h1,8,10-11,18-20,26,43H,4-7,9,12-17,21-23H2,2H3/t26-,36-/m1/s1. The number of aromatic nitrogens is 3. The second-order valence-corrected chi connectivity index (χ2v) is 12.7. The number of pyridine rings is 1. The summed E-state index contributed by atoms with van der Waals surface area (Å²) in [5, 5.41) is 12.0. The van der Waals surface area contributed by atoms with Crippen molar-refractivity contribution in [1.29, 1.82) is 0 Å². The van der Waals surface area contributed by atoms with Crippen LogP contribution in [0.5, 0.6) is 11.8 Å². The first-order valence-corrected chi connectivity index (χ1v) is 16.3. The maximum Gasteiger partial charge on any atom is 0.319 e. The van der Waals surface area contributed by atoms with E-state index in [1.54, 1.807) is 19.4 Å². The first-order valence-electron chi connectivity index (χ1n) is 16.3. The number of nitrogens with zero attached hydrogens (tertiary/aromatic N) is 5. The molecular formula is C36H40FN5O4. The number of anilines is 1. The van der Waals surface area contributed by atoms with Gasteiger partial charge in [-0.2, -0.15) is 9.97 Å². The maximum atomic E-state index is 17.0. The number of hydrogen-bond acceptors (Lipinski definition) is 9. The summed E-state index contributed by atoms with van der Waals surface area (Å²) >= 11 is 0. The summed E-state index contributed by atoms with van der Waals surface area (Å²) in [5.74, 6) is 3.33.